The maximum atomic E-state index is 12.6. The van der Waals surface area contributed by atoms with Gasteiger partial charge >= 0.3 is 11.9 Å². The quantitative estimate of drug-likeness (QED) is 0.120. The zero-order chi connectivity index (χ0) is 33.0. The Bertz CT molecular complexity index is 1490. The highest BCUT2D eigenvalue weighted by Crippen LogP contribution is 2.37. The maximum Gasteiger partial charge on any atom is 0.328 e. The van der Waals surface area contributed by atoms with Crippen LogP contribution in [0.4, 0.5) is 0 Å². The summed E-state index contributed by atoms with van der Waals surface area (Å²) in [5, 5.41) is 39.2. The monoisotopic (exact) mass is 656 g/mol. The number of carbonyl (C=O) groups excluding carboxylic acids is 1. The Morgan fingerprint density at radius 1 is 1.02 bits per heavy atom. The zero-order valence-corrected chi connectivity index (χ0v) is 27.8. The molecule has 3 aliphatic rings. The fourth-order valence-electron chi connectivity index (χ4n) is 6.63. The molecule has 4 rings (SSSR count). The van der Waals surface area contributed by atoms with Crippen molar-refractivity contribution < 1.29 is 29.7 Å². The van der Waals surface area contributed by atoms with Gasteiger partial charge in [-0.15, -0.1) is 0 Å². The largest absolute Gasteiger partial charge is 0.481 e. The Kier molecular flexibility index (Phi) is 11.4. The van der Waals surface area contributed by atoms with Crippen LogP contribution in [0, 0.1) is 24.7 Å². The van der Waals surface area contributed by atoms with Crippen molar-refractivity contribution in [2.24, 2.45) is 17.8 Å². The van der Waals surface area contributed by atoms with E-state index in [4.69, 9.17) is 0 Å². The van der Waals surface area contributed by atoms with Crippen LogP contribution in [0.1, 0.15) is 69.0 Å². The number of aromatic nitrogens is 1. The molecule has 0 spiro atoms. The van der Waals surface area contributed by atoms with Gasteiger partial charge in [0.2, 0.25) is 5.91 Å². The number of amides is 1. The lowest BCUT2D eigenvalue weighted by molar-refractivity contribution is -0.137. The highest BCUT2D eigenvalue weighted by molar-refractivity contribution is 7.80. The predicted molar refractivity (Wildman–Crippen MR) is 183 cm³/mol. The first-order valence-corrected chi connectivity index (χ1v) is 16.5. The minimum Gasteiger partial charge on any atom is -0.481 e. The predicted octanol–water partition coefficient (Wildman–Crippen LogP) is 4.13. The Morgan fingerprint density at radius 3 is 2.40 bits per heavy atom. The molecule has 1 aromatic rings. The number of hydrogen-bond donors (Lipinski definition) is 9. The van der Waals surface area contributed by atoms with Gasteiger partial charge in [-0.05, 0) is 73.8 Å². The van der Waals surface area contributed by atoms with E-state index in [1.165, 1.54) is 0 Å². The number of carboxylic acids is 2. The molecule has 1 amide bonds. The molecule has 0 radical (unpaired) electrons. The van der Waals surface area contributed by atoms with E-state index in [0.717, 1.165) is 51.9 Å². The summed E-state index contributed by atoms with van der Waals surface area (Å²) in [4.78, 5) is 39.1. The number of allylic oxidation sites excluding steroid dienone is 2. The van der Waals surface area contributed by atoms with E-state index < -0.39 is 18.2 Å². The number of aliphatic hydroxyl groups excluding tert-OH is 1. The van der Waals surface area contributed by atoms with E-state index in [1.807, 2.05) is 45.9 Å². The van der Waals surface area contributed by atoms with E-state index in [-0.39, 0.29) is 42.2 Å². The highest BCUT2D eigenvalue weighted by Gasteiger charge is 2.38. The van der Waals surface area contributed by atoms with Gasteiger partial charge in [0, 0.05) is 82.0 Å². The molecule has 10 nitrogen and oxygen atoms in total. The second-order valence-corrected chi connectivity index (χ2v) is 12.9. The SMILES string of the molecule is CC1=C(CCC(=O)O)/C(=C/c2[nH]c(/C=C3\NC(O)[C@H](C)[C@H]3CCS)c(C)c2/C=C\C(=O)O)NC1C[C@H]1NC(=O)/C(=C\CS)C1C. The fraction of sp³-hybridized carbons (Fsp3) is 0.485. The van der Waals surface area contributed by atoms with Gasteiger partial charge in [-0.1, -0.05) is 19.9 Å². The van der Waals surface area contributed by atoms with Crippen LogP contribution in [0.2, 0.25) is 0 Å². The molecular weight excluding hydrogens is 613 g/mol. The minimum atomic E-state index is -1.08. The third kappa shape index (κ3) is 7.73. The smallest absolute Gasteiger partial charge is 0.328 e. The van der Waals surface area contributed by atoms with Gasteiger partial charge in [0.25, 0.3) is 0 Å². The summed E-state index contributed by atoms with van der Waals surface area (Å²) in [7, 11) is 0. The molecule has 0 bridgehead atoms. The topological polar surface area (TPSA) is 164 Å². The maximum absolute atomic E-state index is 12.6. The second kappa shape index (κ2) is 14.8. The van der Waals surface area contributed by atoms with Crippen molar-refractivity contribution in [1.29, 1.82) is 0 Å². The van der Waals surface area contributed by atoms with Crippen molar-refractivity contribution in [3.05, 3.63) is 62.8 Å². The Morgan fingerprint density at radius 2 is 1.76 bits per heavy atom. The molecule has 6 atom stereocenters. The molecule has 2 saturated heterocycles. The summed E-state index contributed by atoms with van der Waals surface area (Å²) in [5.74, 6) is -0.818. The number of aromatic amines is 1. The molecule has 244 valence electrons. The average molecular weight is 657 g/mol. The lowest BCUT2D eigenvalue weighted by Crippen LogP contribution is -2.36. The first-order chi connectivity index (χ1) is 21.4. The summed E-state index contributed by atoms with van der Waals surface area (Å²) < 4.78 is 0. The standard InChI is InChI=1S/C33H44N4O6S2/c1-16-20(5-7-30(38)39)27(34-24(16)13-26-18(3)23(10-12-45)33(43)36-26)15-28-21(6-8-31(40)41)17(2)25(35-28)14-29-22(9-11-44)19(4)32(42)37-29/h6,8,10,14-15,18-19,22,24,26,32,34-35,37,42,44-45H,5,7,9,11-13H2,1-4H3,(H,36,43)(H,38,39)(H,40,41)/b8-6-,23-10-,27-15-,29-14-/t18?,19-,22-,24?,26-,32?/m1/s1. The molecule has 4 heterocycles. The van der Waals surface area contributed by atoms with Crippen LogP contribution in [-0.4, -0.2) is 68.0 Å². The molecule has 3 aliphatic heterocycles. The number of H-pyrrole nitrogens is 1. The van der Waals surface area contributed by atoms with Crippen molar-refractivity contribution in [3.8, 4) is 0 Å². The summed E-state index contributed by atoms with van der Waals surface area (Å²) in [6.07, 6.45) is 9.36. The van der Waals surface area contributed by atoms with E-state index in [9.17, 15) is 29.7 Å². The van der Waals surface area contributed by atoms with Crippen LogP contribution in [0.15, 0.2) is 40.3 Å². The van der Waals surface area contributed by atoms with Crippen molar-refractivity contribution in [3.63, 3.8) is 0 Å². The first-order valence-electron chi connectivity index (χ1n) is 15.3. The third-order valence-corrected chi connectivity index (χ3v) is 9.79. The zero-order valence-electron chi connectivity index (χ0n) is 26.1. The Balaban J connectivity index is 1.73. The van der Waals surface area contributed by atoms with Gasteiger partial charge in [0.05, 0.1) is 0 Å². The Labute approximate surface area is 275 Å². The number of rotatable bonds is 12. The van der Waals surface area contributed by atoms with Gasteiger partial charge in [-0.3, -0.25) is 9.59 Å². The number of hydrogen-bond acceptors (Lipinski definition) is 8. The van der Waals surface area contributed by atoms with Crippen molar-refractivity contribution in [2.75, 3.05) is 11.5 Å². The summed E-state index contributed by atoms with van der Waals surface area (Å²) in [6.45, 7) is 7.91. The summed E-state index contributed by atoms with van der Waals surface area (Å²) >= 11 is 8.66. The van der Waals surface area contributed by atoms with Crippen molar-refractivity contribution >= 4 is 61.3 Å². The van der Waals surface area contributed by atoms with Crippen molar-refractivity contribution in [2.45, 2.75) is 71.7 Å². The molecule has 12 heteroatoms. The second-order valence-electron chi connectivity index (χ2n) is 12.1. The normalized spacial score (nSPS) is 29.3. The number of nitrogens with one attached hydrogen (secondary N) is 4. The molecule has 1 aromatic heterocycles. The number of carbonyl (C=O) groups is 3. The molecule has 2 fully saturated rings. The lowest BCUT2D eigenvalue weighted by atomic mass is 9.90. The summed E-state index contributed by atoms with van der Waals surface area (Å²) in [6, 6.07) is -0.232. The number of aliphatic hydroxyl groups is 1. The molecular formula is C33H44N4O6S2. The molecule has 0 aliphatic carbocycles. The van der Waals surface area contributed by atoms with Crippen LogP contribution >= 0.6 is 25.3 Å². The number of thiol groups is 2. The molecule has 3 unspecified atom stereocenters. The average Bonchev–Trinajstić information content (AvgIpc) is 3.61. The summed E-state index contributed by atoms with van der Waals surface area (Å²) in [5.41, 5.74) is 7.22. The molecule has 7 N–H and O–H groups in total. The van der Waals surface area contributed by atoms with Crippen LogP contribution in [0.25, 0.3) is 18.2 Å². The van der Waals surface area contributed by atoms with Gasteiger partial charge in [0.1, 0.15) is 6.23 Å². The highest BCUT2D eigenvalue weighted by atomic mass is 32.1. The van der Waals surface area contributed by atoms with Crippen molar-refractivity contribution in [1.82, 2.24) is 20.9 Å². The van der Waals surface area contributed by atoms with E-state index in [1.54, 1.807) is 6.08 Å². The van der Waals surface area contributed by atoms with Crippen LogP contribution in [0.5, 0.6) is 0 Å². The van der Waals surface area contributed by atoms with Crippen LogP contribution in [-0.2, 0) is 14.4 Å². The van der Waals surface area contributed by atoms with E-state index in [2.05, 4.69) is 46.2 Å². The van der Waals surface area contributed by atoms with Gasteiger partial charge in [-0.2, -0.15) is 25.3 Å². The lowest BCUT2D eigenvalue weighted by Gasteiger charge is -2.21. The first kappa shape index (κ1) is 34.5. The van der Waals surface area contributed by atoms with Gasteiger partial charge < -0.3 is 36.3 Å². The Hall–Kier alpha value is -3.35. The van der Waals surface area contributed by atoms with Crippen LogP contribution in [0.3, 0.4) is 0 Å². The molecule has 0 aromatic carbocycles. The van der Waals surface area contributed by atoms with E-state index in [0.29, 0.717) is 35.6 Å². The number of aliphatic carboxylic acids is 2. The minimum absolute atomic E-state index is 0.000899. The number of carboxylic acid groups (broad SMARTS) is 2. The van der Waals surface area contributed by atoms with Crippen LogP contribution < -0.4 is 16.0 Å². The van der Waals surface area contributed by atoms with E-state index >= 15 is 0 Å². The molecule has 0 saturated carbocycles. The molecule has 45 heavy (non-hydrogen) atoms. The third-order valence-electron chi connectivity index (χ3n) is 9.35. The van der Waals surface area contributed by atoms with Gasteiger partial charge in [0.15, 0.2) is 0 Å². The fourth-order valence-corrected chi connectivity index (χ4v) is 7.10. The van der Waals surface area contributed by atoms with Gasteiger partial charge in [-0.25, -0.2) is 4.79 Å².